The minimum atomic E-state index is -0.991. The van der Waals surface area contributed by atoms with Crippen LogP contribution in [-0.2, 0) is 6.54 Å². The maximum atomic E-state index is 12.2. The predicted molar refractivity (Wildman–Crippen MR) is 86.3 cm³/mol. The van der Waals surface area contributed by atoms with Crippen molar-refractivity contribution in [2.45, 2.75) is 6.54 Å². The van der Waals surface area contributed by atoms with E-state index in [0.717, 1.165) is 16.3 Å². The molecule has 0 spiro atoms. The monoisotopic (exact) mass is 306 g/mol. The number of carbonyl (C=O) groups excluding carboxylic acids is 1. The summed E-state index contributed by atoms with van der Waals surface area (Å²) in [6.45, 7) is 0.245. The first-order valence-corrected chi connectivity index (χ1v) is 7.09. The van der Waals surface area contributed by atoms with Crippen LogP contribution in [0.25, 0.3) is 10.8 Å². The average molecular weight is 306 g/mol. The summed E-state index contributed by atoms with van der Waals surface area (Å²) >= 11 is 0. The molecular formula is C18H14N2O3. The van der Waals surface area contributed by atoms with Crippen LogP contribution in [0.1, 0.15) is 26.4 Å². The molecule has 23 heavy (non-hydrogen) atoms. The van der Waals surface area contributed by atoms with E-state index in [1.165, 1.54) is 12.1 Å². The molecular weight excluding hydrogens is 292 g/mol. The van der Waals surface area contributed by atoms with E-state index >= 15 is 0 Å². The van der Waals surface area contributed by atoms with Gasteiger partial charge in [-0.3, -0.25) is 9.78 Å². The van der Waals surface area contributed by atoms with Crippen molar-refractivity contribution in [2.75, 3.05) is 0 Å². The standard InChI is InChI=1S/C18H14N2O3/c21-17(16-9-13-5-1-2-6-15(13)11-19-16)20-10-12-4-3-7-14(8-12)18(22)23/h1-9,11H,10H2,(H,20,21)(H,22,23). The van der Waals surface area contributed by atoms with Crippen LogP contribution in [0.3, 0.4) is 0 Å². The molecule has 0 aliphatic carbocycles. The quantitative estimate of drug-likeness (QED) is 0.777. The Morgan fingerprint density at radius 1 is 1.00 bits per heavy atom. The molecule has 0 aliphatic rings. The third kappa shape index (κ3) is 3.35. The Bertz CT molecular complexity index is 890. The van der Waals surface area contributed by atoms with E-state index in [-0.39, 0.29) is 18.0 Å². The second-order valence-corrected chi connectivity index (χ2v) is 5.10. The molecule has 0 aliphatic heterocycles. The highest BCUT2D eigenvalue weighted by Crippen LogP contribution is 2.13. The van der Waals surface area contributed by atoms with Crippen LogP contribution < -0.4 is 5.32 Å². The zero-order chi connectivity index (χ0) is 16.2. The van der Waals surface area contributed by atoms with Crippen molar-refractivity contribution < 1.29 is 14.7 Å². The summed E-state index contributed by atoms with van der Waals surface area (Å²) < 4.78 is 0. The Hall–Kier alpha value is -3.21. The molecule has 1 heterocycles. The van der Waals surface area contributed by atoms with Gasteiger partial charge in [-0.2, -0.15) is 0 Å². The number of nitrogens with one attached hydrogen (secondary N) is 1. The summed E-state index contributed by atoms with van der Waals surface area (Å²) in [7, 11) is 0. The van der Waals surface area contributed by atoms with E-state index < -0.39 is 5.97 Å². The highest BCUT2D eigenvalue weighted by atomic mass is 16.4. The topological polar surface area (TPSA) is 79.3 Å². The molecule has 0 unspecified atom stereocenters. The molecule has 3 aromatic rings. The largest absolute Gasteiger partial charge is 0.478 e. The molecule has 2 N–H and O–H groups in total. The third-order valence-electron chi connectivity index (χ3n) is 3.49. The summed E-state index contributed by atoms with van der Waals surface area (Å²) in [6.07, 6.45) is 1.66. The molecule has 0 saturated heterocycles. The lowest BCUT2D eigenvalue weighted by atomic mass is 10.1. The van der Waals surface area contributed by atoms with E-state index in [1.807, 2.05) is 24.3 Å². The van der Waals surface area contributed by atoms with Crippen molar-refractivity contribution in [1.29, 1.82) is 0 Å². The molecule has 1 aromatic heterocycles. The maximum Gasteiger partial charge on any atom is 0.335 e. The van der Waals surface area contributed by atoms with Gasteiger partial charge in [0.1, 0.15) is 5.69 Å². The number of carbonyl (C=O) groups is 2. The summed E-state index contributed by atoms with van der Waals surface area (Å²) in [6, 6.07) is 15.9. The van der Waals surface area contributed by atoms with Gasteiger partial charge in [0.15, 0.2) is 0 Å². The van der Waals surface area contributed by atoms with Gasteiger partial charge >= 0.3 is 5.97 Å². The lowest BCUT2D eigenvalue weighted by Gasteiger charge is -2.06. The molecule has 0 radical (unpaired) electrons. The number of carboxylic acid groups (broad SMARTS) is 1. The summed E-state index contributed by atoms with van der Waals surface area (Å²) in [5, 5.41) is 13.6. The number of aromatic carboxylic acids is 1. The van der Waals surface area contributed by atoms with Gasteiger partial charge in [0.2, 0.25) is 0 Å². The fraction of sp³-hybridized carbons (Fsp3) is 0.0556. The molecule has 0 saturated carbocycles. The van der Waals surface area contributed by atoms with Crippen LogP contribution in [-0.4, -0.2) is 22.0 Å². The number of rotatable bonds is 4. The molecule has 114 valence electrons. The van der Waals surface area contributed by atoms with Crippen LogP contribution >= 0.6 is 0 Å². The molecule has 0 atom stereocenters. The van der Waals surface area contributed by atoms with E-state index in [4.69, 9.17) is 5.11 Å². The highest BCUT2D eigenvalue weighted by Gasteiger charge is 2.09. The van der Waals surface area contributed by atoms with Crippen LogP contribution in [0.5, 0.6) is 0 Å². The van der Waals surface area contributed by atoms with Crippen LogP contribution in [0, 0.1) is 0 Å². The number of nitrogens with zero attached hydrogens (tertiary/aromatic N) is 1. The zero-order valence-electron chi connectivity index (χ0n) is 12.2. The molecule has 0 fully saturated rings. The highest BCUT2D eigenvalue weighted by molar-refractivity contribution is 5.96. The number of amides is 1. The van der Waals surface area contributed by atoms with Crippen LogP contribution in [0.2, 0.25) is 0 Å². The maximum absolute atomic E-state index is 12.2. The molecule has 5 heteroatoms. The van der Waals surface area contributed by atoms with Gasteiger partial charge in [0, 0.05) is 18.1 Å². The van der Waals surface area contributed by atoms with Gasteiger partial charge in [-0.15, -0.1) is 0 Å². The first-order chi connectivity index (χ1) is 11.1. The Labute approximate surface area is 132 Å². The second kappa shape index (κ2) is 6.27. The summed E-state index contributed by atoms with van der Waals surface area (Å²) in [4.78, 5) is 27.3. The van der Waals surface area contributed by atoms with Crippen LogP contribution in [0.4, 0.5) is 0 Å². The summed E-state index contributed by atoms with van der Waals surface area (Å²) in [5.74, 6) is -1.29. The van der Waals surface area contributed by atoms with Gasteiger partial charge in [-0.1, -0.05) is 36.4 Å². The molecule has 0 bridgehead atoms. The minimum absolute atomic E-state index is 0.195. The van der Waals surface area contributed by atoms with Crippen molar-refractivity contribution in [2.24, 2.45) is 0 Å². The molecule has 3 rings (SSSR count). The first-order valence-electron chi connectivity index (χ1n) is 7.09. The Balaban J connectivity index is 1.73. The number of pyridine rings is 1. The number of hydrogen-bond donors (Lipinski definition) is 2. The average Bonchev–Trinajstić information content (AvgIpc) is 2.59. The molecule has 2 aromatic carbocycles. The first kappa shape index (κ1) is 14.7. The minimum Gasteiger partial charge on any atom is -0.478 e. The number of fused-ring (bicyclic) bond motifs is 1. The van der Waals surface area contributed by atoms with E-state index in [9.17, 15) is 9.59 Å². The number of benzene rings is 2. The van der Waals surface area contributed by atoms with Crippen LogP contribution in [0.15, 0.2) is 60.8 Å². The Morgan fingerprint density at radius 3 is 2.57 bits per heavy atom. The van der Waals surface area contributed by atoms with Crippen molar-refractivity contribution in [3.05, 3.63) is 77.6 Å². The molecule has 5 nitrogen and oxygen atoms in total. The van der Waals surface area contributed by atoms with Crippen molar-refractivity contribution in [1.82, 2.24) is 10.3 Å². The lowest BCUT2D eigenvalue weighted by Crippen LogP contribution is -2.23. The van der Waals surface area contributed by atoms with Crippen molar-refractivity contribution in [3.63, 3.8) is 0 Å². The van der Waals surface area contributed by atoms with E-state index in [1.54, 1.807) is 24.4 Å². The second-order valence-electron chi connectivity index (χ2n) is 5.10. The Kier molecular flexibility index (Phi) is 4.01. The Morgan fingerprint density at radius 2 is 1.78 bits per heavy atom. The normalized spacial score (nSPS) is 10.4. The molecule has 1 amide bonds. The van der Waals surface area contributed by atoms with Gasteiger partial charge < -0.3 is 10.4 Å². The fourth-order valence-electron chi connectivity index (χ4n) is 2.29. The van der Waals surface area contributed by atoms with Gasteiger partial charge in [0.05, 0.1) is 5.56 Å². The smallest absolute Gasteiger partial charge is 0.335 e. The van der Waals surface area contributed by atoms with Crippen molar-refractivity contribution in [3.8, 4) is 0 Å². The van der Waals surface area contributed by atoms with E-state index in [0.29, 0.717) is 5.69 Å². The van der Waals surface area contributed by atoms with Gasteiger partial charge in [-0.05, 0) is 29.1 Å². The summed E-state index contributed by atoms with van der Waals surface area (Å²) in [5.41, 5.74) is 1.25. The number of aromatic nitrogens is 1. The van der Waals surface area contributed by atoms with Gasteiger partial charge in [0.25, 0.3) is 5.91 Å². The lowest BCUT2D eigenvalue weighted by molar-refractivity contribution is 0.0696. The van der Waals surface area contributed by atoms with Crippen molar-refractivity contribution >= 4 is 22.6 Å². The predicted octanol–water partition coefficient (Wildman–Crippen LogP) is 2.86. The number of carboxylic acids is 1. The SMILES string of the molecule is O=C(O)c1cccc(CNC(=O)c2cc3ccccc3cn2)c1. The fourth-order valence-corrected chi connectivity index (χ4v) is 2.29. The zero-order valence-corrected chi connectivity index (χ0v) is 12.2. The number of hydrogen-bond acceptors (Lipinski definition) is 3. The van der Waals surface area contributed by atoms with E-state index in [2.05, 4.69) is 10.3 Å². The van der Waals surface area contributed by atoms with Gasteiger partial charge in [-0.25, -0.2) is 4.79 Å². The third-order valence-corrected chi connectivity index (χ3v) is 3.49.